The van der Waals surface area contributed by atoms with E-state index in [9.17, 15) is 14.0 Å². The second-order valence-electron chi connectivity index (χ2n) is 3.58. The van der Waals surface area contributed by atoms with Gasteiger partial charge in [0.1, 0.15) is 5.82 Å². The molecule has 0 aromatic heterocycles. The molecule has 0 saturated heterocycles. The first-order chi connectivity index (χ1) is 9.02. The zero-order chi connectivity index (χ0) is 14.3. The Morgan fingerprint density at radius 1 is 1.47 bits per heavy atom. The van der Waals surface area contributed by atoms with Gasteiger partial charge in [-0.05, 0) is 29.3 Å². The minimum absolute atomic E-state index is 0.190. The van der Waals surface area contributed by atoms with E-state index in [1.807, 2.05) is 0 Å². The molecule has 0 fully saturated rings. The fourth-order valence-corrected chi connectivity index (χ4v) is 2.19. The minimum Gasteiger partial charge on any atom is -0.478 e. The topological polar surface area (TPSA) is 63.6 Å². The lowest BCUT2D eigenvalue weighted by atomic mass is 10.1. The van der Waals surface area contributed by atoms with E-state index in [-0.39, 0.29) is 11.7 Å². The Morgan fingerprint density at radius 2 is 2.21 bits per heavy atom. The first-order valence-electron chi connectivity index (χ1n) is 5.37. The van der Waals surface area contributed by atoms with Crippen LogP contribution in [-0.2, 0) is 20.1 Å². The number of thioether (sulfide) groups is 1. The number of hydrogen-bond acceptors (Lipinski definition) is 4. The summed E-state index contributed by atoms with van der Waals surface area (Å²) in [5.41, 5.74) is 1.24. The number of halogens is 1. The molecule has 1 aromatic carbocycles. The summed E-state index contributed by atoms with van der Waals surface area (Å²) in [5, 5.41) is 8.57. The molecule has 0 saturated carbocycles. The highest BCUT2D eigenvalue weighted by molar-refractivity contribution is 7.99. The SMILES string of the molecule is COC(=O)CSCc1ccc(F)cc1C=CC(=O)O. The Bertz CT molecular complexity index is 499. The van der Waals surface area contributed by atoms with Gasteiger partial charge in [-0.2, -0.15) is 0 Å². The van der Waals surface area contributed by atoms with Gasteiger partial charge >= 0.3 is 11.9 Å². The molecule has 0 aliphatic rings. The maximum absolute atomic E-state index is 13.1. The van der Waals surface area contributed by atoms with E-state index in [2.05, 4.69) is 4.74 Å². The van der Waals surface area contributed by atoms with Crippen LogP contribution >= 0.6 is 11.8 Å². The third-order valence-corrected chi connectivity index (χ3v) is 3.17. The molecule has 102 valence electrons. The maximum atomic E-state index is 13.1. The van der Waals surface area contributed by atoms with Gasteiger partial charge in [-0.3, -0.25) is 4.79 Å². The Balaban J connectivity index is 2.76. The van der Waals surface area contributed by atoms with E-state index in [1.54, 1.807) is 6.07 Å². The molecule has 0 bridgehead atoms. The van der Waals surface area contributed by atoms with Gasteiger partial charge in [0.05, 0.1) is 12.9 Å². The van der Waals surface area contributed by atoms with Crippen LogP contribution in [0, 0.1) is 5.82 Å². The summed E-state index contributed by atoms with van der Waals surface area (Å²) in [6.07, 6.45) is 2.28. The van der Waals surface area contributed by atoms with Crippen molar-refractivity contribution in [3.05, 3.63) is 41.2 Å². The Morgan fingerprint density at radius 3 is 2.84 bits per heavy atom. The van der Waals surface area contributed by atoms with Crippen LogP contribution in [0.25, 0.3) is 6.08 Å². The third-order valence-electron chi connectivity index (χ3n) is 2.22. The molecule has 1 aromatic rings. The second kappa shape index (κ2) is 7.58. The average molecular weight is 284 g/mol. The lowest BCUT2D eigenvalue weighted by molar-refractivity contribution is -0.137. The highest BCUT2D eigenvalue weighted by Gasteiger charge is 2.05. The summed E-state index contributed by atoms with van der Waals surface area (Å²) in [7, 11) is 1.31. The van der Waals surface area contributed by atoms with Gasteiger partial charge < -0.3 is 9.84 Å². The standard InChI is InChI=1S/C13H13FO4S/c1-18-13(17)8-19-7-10-2-4-11(14)6-9(10)3-5-12(15)16/h2-6H,7-8H2,1H3,(H,15,16). The predicted octanol–water partition coefficient (Wildman–Crippen LogP) is 2.33. The van der Waals surface area contributed by atoms with Crippen molar-refractivity contribution < 1.29 is 23.8 Å². The van der Waals surface area contributed by atoms with Crippen molar-refractivity contribution in [1.29, 1.82) is 0 Å². The molecule has 0 heterocycles. The van der Waals surface area contributed by atoms with Crippen LogP contribution < -0.4 is 0 Å². The van der Waals surface area contributed by atoms with E-state index in [1.165, 1.54) is 37.1 Å². The van der Waals surface area contributed by atoms with Gasteiger partial charge in [0.2, 0.25) is 0 Å². The van der Waals surface area contributed by atoms with Crippen LogP contribution in [0.5, 0.6) is 0 Å². The number of methoxy groups -OCH3 is 1. The van der Waals surface area contributed by atoms with Gasteiger partial charge in [0.25, 0.3) is 0 Å². The Kier molecular flexibility index (Phi) is 6.08. The van der Waals surface area contributed by atoms with Gasteiger partial charge in [0.15, 0.2) is 0 Å². The van der Waals surface area contributed by atoms with E-state index < -0.39 is 11.8 Å². The monoisotopic (exact) mass is 284 g/mol. The molecule has 0 aliphatic carbocycles. The fraction of sp³-hybridized carbons (Fsp3) is 0.231. The van der Waals surface area contributed by atoms with E-state index >= 15 is 0 Å². The van der Waals surface area contributed by atoms with Gasteiger partial charge in [-0.25, -0.2) is 9.18 Å². The molecule has 0 unspecified atom stereocenters. The number of hydrogen-bond donors (Lipinski definition) is 1. The molecule has 0 spiro atoms. The number of carbonyl (C=O) groups is 2. The van der Waals surface area contributed by atoms with E-state index in [4.69, 9.17) is 5.11 Å². The van der Waals surface area contributed by atoms with Crippen molar-refractivity contribution in [2.75, 3.05) is 12.9 Å². The van der Waals surface area contributed by atoms with Crippen LogP contribution in [0.15, 0.2) is 24.3 Å². The molecule has 1 N–H and O–H groups in total. The molecule has 4 nitrogen and oxygen atoms in total. The Hall–Kier alpha value is -1.82. The van der Waals surface area contributed by atoms with Crippen molar-refractivity contribution in [1.82, 2.24) is 0 Å². The molecule has 6 heteroatoms. The molecule has 0 aliphatic heterocycles. The van der Waals surface area contributed by atoms with Crippen molar-refractivity contribution in [3.8, 4) is 0 Å². The zero-order valence-electron chi connectivity index (χ0n) is 10.3. The molecular weight excluding hydrogens is 271 g/mol. The lowest BCUT2D eigenvalue weighted by Gasteiger charge is -2.06. The number of esters is 1. The van der Waals surface area contributed by atoms with Crippen LogP contribution in [-0.4, -0.2) is 29.9 Å². The normalized spacial score (nSPS) is 10.6. The zero-order valence-corrected chi connectivity index (χ0v) is 11.1. The number of rotatable bonds is 6. The number of ether oxygens (including phenoxy) is 1. The van der Waals surface area contributed by atoms with Gasteiger partial charge in [0, 0.05) is 11.8 Å². The maximum Gasteiger partial charge on any atom is 0.328 e. The number of carbonyl (C=O) groups excluding carboxylic acids is 1. The summed E-state index contributed by atoms with van der Waals surface area (Å²) < 4.78 is 17.6. The summed E-state index contributed by atoms with van der Waals surface area (Å²) in [6, 6.07) is 4.13. The highest BCUT2D eigenvalue weighted by Crippen LogP contribution is 2.19. The second-order valence-corrected chi connectivity index (χ2v) is 4.57. The van der Waals surface area contributed by atoms with Crippen molar-refractivity contribution in [2.24, 2.45) is 0 Å². The van der Waals surface area contributed by atoms with E-state index in [0.717, 1.165) is 11.6 Å². The molecular formula is C13H13FO4S. The summed E-state index contributed by atoms with van der Waals surface area (Å²) >= 11 is 1.32. The first-order valence-corrected chi connectivity index (χ1v) is 6.52. The Labute approximate surface area is 114 Å². The first kappa shape index (κ1) is 15.2. The molecule has 0 amide bonds. The predicted molar refractivity (Wildman–Crippen MR) is 71.2 cm³/mol. The largest absolute Gasteiger partial charge is 0.478 e. The average Bonchev–Trinajstić information content (AvgIpc) is 2.38. The van der Waals surface area contributed by atoms with E-state index in [0.29, 0.717) is 11.3 Å². The molecule has 0 atom stereocenters. The number of carboxylic acid groups (broad SMARTS) is 1. The number of carboxylic acids is 1. The third kappa shape index (κ3) is 5.56. The molecule has 0 radical (unpaired) electrons. The van der Waals surface area contributed by atoms with Gasteiger partial charge in [-0.1, -0.05) is 6.07 Å². The van der Waals surface area contributed by atoms with Crippen LogP contribution in [0.4, 0.5) is 4.39 Å². The van der Waals surface area contributed by atoms with Crippen molar-refractivity contribution >= 4 is 29.8 Å². The highest BCUT2D eigenvalue weighted by atomic mass is 32.2. The molecule has 19 heavy (non-hydrogen) atoms. The summed E-state index contributed by atoms with van der Waals surface area (Å²) in [4.78, 5) is 21.4. The molecule has 1 rings (SSSR count). The summed E-state index contributed by atoms with van der Waals surface area (Å²) in [5.74, 6) is -1.22. The van der Waals surface area contributed by atoms with Crippen LogP contribution in [0.3, 0.4) is 0 Å². The summed E-state index contributed by atoms with van der Waals surface area (Å²) in [6.45, 7) is 0. The smallest absolute Gasteiger partial charge is 0.328 e. The number of aliphatic carboxylic acids is 1. The van der Waals surface area contributed by atoms with Crippen molar-refractivity contribution in [2.45, 2.75) is 5.75 Å². The van der Waals surface area contributed by atoms with Crippen molar-refractivity contribution in [3.63, 3.8) is 0 Å². The minimum atomic E-state index is -1.10. The lowest BCUT2D eigenvalue weighted by Crippen LogP contribution is -2.03. The number of benzene rings is 1. The van der Waals surface area contributed by atoms with Gasteiger partial charge in [-0.15, -0.1) is 11.8 Å². The van der Waals surface area contributed by atoms with Crippen LogP contribution in [0.1, 0.15) is 11.1 Å². The fourth-order valence-electron chi connectivity index (χ4n) is 1.32. The van der Waals surface area contributed by atoms with Crippen LogP contribution in [0.2, 0.25) is 0 Å². The quantitative estimate of drug-likeness (QED) is 0.641.